The molecule has 2 amide bonds. The van der Waals surface area contributed by atoms with Crippen LogP contribution in [0.5, 0.6) is 17.4 Å². The first-order valence-corrected chi connectivity index (χ1v) is 12.3. The number of hydrogen-bond donors (Lipinski definition) is 2. The highest BCUT2D eigenvalue weighted by Gasteiger charge is 2.44. The van der Waals surface area contributed by atoms with Gasteiger partial charge in [0.15, 0.2) is 0 Å². The van der Waals surface area contributed by atoms with E-state index in [1.54, 1.807) is 14.2 Å². The van der Waals surface area contributed by atoms with Crippen molar-refractivity contribution in [3.8, 4) is 17.4 Å². The molecule has 2 saturated heterocycles. The summed E-state index contributed by atoms with van der Waals surface area (Å²) in [7, 11) is 4.71. The smallest absolute Gasteiger partial charge is 0.252 e. The topological polar surface area (TPSA) is 105 Å². The number of piperazine rings is 1. The number of halogens is 1. The lowest BCUT2D eigenvalue weighted by Gasteiger charge is -2.43. The number of nitrogens with zero attached hydrogens (tertiary/aromatic N) is 3. The molecule has 0 aliphatic carbocycles. The van der Waals surface area contributed by atoms with Gasteiger partial charge in [-0.3, -0.25) is 9.59 Å². The zero-order valence-electron chi connectivity index (χ0n) is 20.8. The average molecular weight is 518 g/mol. The largest absolute Gasteiger partial charge is 0.497 e. The lowest BCUT2D eigenvalue weighted by atomic mass is 9.86. The summed E-state index contributed by atoms with van der Waals surface area (Å²) in [4.78, 5) is 35.1. The molecule has 4 rings (SSSR count). The van der Waals surface area contributed by atoms with Crippen molar-refractivity contribution in [2.75, 3.05) is 65.5 Å². The molecule has 2 N–H and O–H groups in total. The second-order valence-corrected chi connectivity index (χ2v) is 9.21. The van der Waals surface area contributed by atoms with Gasteiger partial charge in [0.2, 0.25) is 11.8 Å². The average Bonchev–Trinajstić information content (AvgIpc) is 2.92. The van der Waals surface area contributed by atoms with Crippen molar-refractivity contribution in [1.29, 1.82) is 0 Å². The minimum absolute atomic E-state index is 0.0641. The Morgan fingerprint density at radius 1 is 1.00 bits per heavy atom. The van der Waals surface area contributed by atoms with E-state index in [9.17, 15) is 9.59 Å². The Kier molecular flexibility index (Phi) is 8.05. The molecule has 0 radical (unpaired) electrons. The zero-order chi connectivity index (χ0) is 25.7. The molecule has 0 bridgehead atoms. The van der Waals surface area contributed by atoms with E-state index in [1.807, 2.05) is 23.1 Å². The van der Waals surface area contributed by atoms with E-state index in [4.69, 9.17) is 25.8 Å². The summed E-state index contributed by atoms with van der Waals surface area (Å²) < 4.78 is 16.0. The number of piperidine rings is 1. The van der Waals surface area contributed by atoms with Crippen LogP contribution in [0.25, 0.3) is 0 Å². The number of nitrogens with one attached hydrogen (secondary N) is 2. The lowest BCUT2D eigenvalue weighted by Crippen LogP contribution is -2.65. The number of ether oxygens (including phenoxy) is 3. The van der Waals surface area contributed by atoms with Crippen LogP contribution in [0.4, 0.5) is 5.69 Å². The fourth-order valence-electron chi connectivity index (χ4n) is 4.74. The van der Waals surface area contributed by atoms with E-state index in [2.05, 4.69) is 20.5 Å². The van der Waals surface area contributed by atoms with E-state index in [0.717, 1.165) is 17.2 Å². The summed E-state index contributed by atoms with van der Waals surface area (Å²) in [5, 5.41) is 6.47. The number of carbonyl (C=O) groups is 2. The predicted molar refractivity (Wildman–Crippen MR) is 136 cm³/mol. The highest BCUT2D eigenvalue weighted by Crippen LogP contribution is 2.33. The van der Waals surface area contributed by atoms with Crippen LogP contribution in [0.1, 0.15) is 23.2 Å². The molecule has 194 valence electrons. The maximum atomic E-state index is 13.8. The number of rotatable bonds is 7. The number of benzene rings is 1. The molecule has 2 aromatic rings. The summed E-state index contributed by atoms with van der Waals surface area (Å²) in [5.74, 6) is 1.24. The molecule has 0 unspecified atom stereocenters. The number of pyridine rings is 1. The highest BCUT2D eigenvalue weighted by atomic mass is 35.5. The Morgan fingerprint density at radius 3 is 2.36 bits per heavy atom. The van der Waals surface area contributed by atoms with Crippen LogP contribution >= 0.6 is 11.6 Å². The number of carbonyl (C=O) groups excluding carboxylic acids is 2. The van der Waals surface area contributed by atoms with Gasteiger partial charge in [0.25, 0.3) is 5.91 Å². The Hall–Kier alpha value is -3.24. The van der Waals surface area contributed by atoms with Gasteiger partial charge in [-0.25, -0.2) is 4.98 Å². The van der Waals surface area contributed by atoms with Gasteiger partial charge in [-0.15, -0.1) is 0 Å². The van der Waals surface area contributed by atoms with Crippen LogP contribution in [-0.2, 0) is 4.79 Å². The van der Waals surface area contributed by atoms with Crippen LogP contribution in [-0.4, -0.2) is 87.8 Å². The number of hydrogen-bond acceptors (Lipinski definition) is 8. The third kappa shape index (κ3) is 5.44. The summed E-state index contributed by atoms with van der Waals surface area (Å²) >= 11 is 6.06. The molecule has 0 atom stereocenters. The highest BCUT2D eigenvalue weighted by molar-refractivity contribution is 6.29. The van der Waals surface area contributed by atoms with Gasteiger partial charge in [0, 0.05) is 43.9 Å². The van der Waals surface area contributed by atoms with Gasteiger partial charge in [-0.2, -0.15) is 0 Å². The van der Waals surface area contributed by atoms with Crippen LogP contribution in [0.15, 0.2) is 30.3 Å². The van der Waals surface area contributed by atoms with E-state index >= 15 is 0 Å². The maximum Gasteiger partial charge on any atom is 0.252 e. The molecule has 2 aliphatic rings. The van der Waals surface area contributed by atoms with Gasteiger partial charge in [0.05, 0.1) is 27.0 Å². The van der Waals surface area contributed by atoms with Gasteiger partial charge in [-0.1, -0.05) is 11.6 Å². The summed E-state index contributed by atoms with van der Waals surface area (Å²) in [5.41, 5.74) is 0.262. The van der Waals surface area contributed by atoms with E-state index < -0.39 is 5.54 Å². The first-order valence-electron chi connectivity index (χ1n) is 11.9. The fraction of sp³-hybridized carbons (Fsp3) is 0.480. The third-order valence-corrected chi connectivity index (χ3v) is 6.95. The molecule has 2 fully saturated rings. The van der Waals surface area contributed by atoms with Crippen molar-refractivity contribution in [3.63, 3.8) is 0 Å². The second kappa shape index (κ2) is 11.2. The second-order valence-electron chi connectivity index (χ2n) is 8.82. The van der Waals surface area contributed by atoms with Crippen molar-refractivity contribution in [1.82, 2.24) is 20.5 Å². The molecule has 36 heavy (non-hydrogen) atoms. The quantitative estimate of drug-likeness (QED) is 0.537. The van der Waals surface area contributed by atoms with Crippen molar-refractivity contribution in [2.24, 2.45) is 0 Å². The number of amides is 2. The van der Waals surface area contributed by atoms with Crippen molar-refractivity contribution >= 4 is 29.1 Å². The normalized spacial score (nSPS) is 17.3. The number of aromatic nitrogens is 1. The molecular weight excluding hydrogens is 486 g/mol. The molecule has 11 heteroatoms. The zero-order valence-corrected chi connectivity index (χ0v) is 21.6. The Bertz CT molecular complexity index is 1100. The molecular formula is C25H32ClN5O5. The molecule has 0 spiro atoms. The SMILES string of the molecule is COc1ccc(N2CCN(C(=O)C3(NC(=O)c4cc(Cl)nc(OC)c4)CCNCC3)CC2)c(OC)c1. The summed E-state index contributed by atoms with van der Waals surface area (Å²) in [6.45, 7) is 3.63. The Morgan fingerprint density at radius 2 is 1.72 bits per heavy atom. The first kappa shape index (κ1) is 25.8. The number of methoxy groups -OCH3 is 3. The first-order chi connectivity index (χ1) is 17.4. The predicted octanol–water partition coefficient (Wildman–Crippen LogP) is 1.96. The van der Waals surface area contributed by atoms with Gasteiger partial charge in [-0.05, 0) is 44.1 Å². The summed E-state index contributed by atoms with van der Waals surface area (Å²) in [6.07, 6.45) is 1.00. The third-order valence-electron chi connectivity index (χ3n) is 6.76. The molecule has 3 heterocycles. The molecule has 1 aromatic carbocycles. The van der Waals surface area contributed by atoms with Crippen molar-refractivity contribution < 1.29 is 23.8 Å². The standard InChI is InChI=1S/C25H32ClN5O5/c1-34-18-4-5-19(20(16-18)35-2)30-10-12-31(13-11-30)24(33)25(6-8-27-9-7-25)29-23(32)17-14-21(26)28-22(15-17)36-3/h4-5,14-16,27H,6-13H2,1-3H3,(H,29,32). The minimum atomic E-state index is -0.995. The van der Waals surface area contributed by atoms with E-state index in [0.29, 0.717) is 57.7 Å². The van der Waals surface area contributed by atoms with Crippen LogP contribution in [0, 0.1) is 0 Å². The van der Waals surface area contributed by atoms with Crippen LogP contribution in [0.3, 0.4) is 0 Å². The fourth-order valence-corrected chi connectivity index (χ4v) is 4.94. The molecule has 2 aliphatic heterocycles. The molecule has 10 nitrogen and oxygen atoms in total. The van der Waals surface area contributed by atoms with Gasteiger partial charge < -0.3 is 34.6 Å². The summed E-state index contributed by atoms with van der Waals surface area (Å²) in [6, 6.07) is 8.71. The number of anilines is 1. The Balaban J connectivity index is 1.48. The van der Waals surface area contributed by atoms with Gasteiger partial charge >= 0.3 is 0 Å². The molecule has 0 saturated carbocycles. The van der Waals surface area contributed by atoms with Crippen molar-refractivity contribution in [3.05, 3.63) is 41.0 Å². The molecule has 1 aromatic heterocycles. The van der Waals surface area contributed by atoms with E-state index in [-0.39, 0.29) is 22.8 Å². The lowest BCUT2D eigenvalue weighted by molar-refractivity contribution is -0.139. The van der Waals surface area contributed by atoms with E-state index in [1.165, 1.54) is 19.2 Å². The maximum absolute atomic E-state index is 13.8. The Labute approximate surface area is 215 Å². The monoisotopic (exact) mass is 517 g/mol. The van der Waals surface area contributed by atoms with Crippen LogP contribution in [0.2, 0.25) is 5.15 Å². The van der Waals surface area contributed by atoms with Gasteiger partial charge in [0.1, 0.15) is 22.2 Å². The minimum Gasteiger partial charge on any atom is -0.497 e. The van der Waals surface area contributed by atoms with Crippen molar-refractivity contribution in [2.45, 2.75) is 18.4 Å². The van der Waals surface area contributed by atoms with Crippen LogP contribution < -0.4 is 29.7 Å².